The highest BCUT2D eigenvalue weighted by atomic mass is 15.3. The average Bonchev–Trinajstić information content (AvgIpc) is 3.40. The number of fused-ring (bicyclic) bond motifs is 1. The van der Waals surface area contributed by atoms with Crippen molar-refractivity contribution in [3.63, 3.8) is 0 Å². The van der Waals surface area contributed by atoms with Crippen molar-refractivity contribution in [3.8, 4) is 34.8 Å². The molecule has 0 saturated heterocycles. The fourth-order valence-electron chi connectivity index (χ4n) is 4.37. The highest BCUT2D eigenvalue weighted by Gasteiger charge is 2.47. The maximum atomic E-state index is 9.38. The molecule has 5 rings (SSSR count). The normalized spacial score (nSPS) is 20.4. The first-order chi connectivity index (χ1) is 14.6. The summed E-state index contributed by atoms with van der Waals surface area (Å²) in [5.41, 5.74) is 4.45. The minimum Gasteiger partial charge on any atom is -0.285 e. The number of nitrogens with zero attached hydrogens (tertiary/aromatic N) is 7. The van der Waals surface area contributed by atoms with Crippen molar-refractivity contribution in [2.24, 2.45) is 5.92 Å². The fourth-order valence-corrected chi connectivity index (χ4v) is 4.37. The first kappa shape index (κ1) is 18.0. The Hall–Kier alpha value is -4.04. The Labute approximate surface area is 172 Å². The summed E-state index contributed by atoms with van der Waals surface area (Å²) >= 11 is 0. The van der Waals surface area contributed by atoms with Gasteiger partial charge in [0.1, 0.15) is 11.4 Å². The molecule has 0 atom stereocenters. The summed E-state index contributed by atoms with van der Waals surface area (Å²) in [6, 6.07) is 12.4. The molecular formula is C22H18N8. The molecule has 4 aromatic rings. The average molecular weight is 394 g/mol. The zero-order valence-electron chi connectivity index (χ0n) is 16.4. The van der Waals surface area contributed by atoms with Crippen LogP contribution >= 0.6 is 0 Å². The predicted octanol–water partition coefficient (Wildman–Crippen LogP) is 3.73. The van der Waals surface area contributed by atoms with Crippen molar-refractivity contribution >= 4 is 10.9 Å². The molecule has 0 radical (unpaired) electrons. The molecule has 0 aromatic carbocycles. The standard InChI is InChI=1S/C22H18N8/c1-14-7-20(29-30(14)22(4-5-23)9-15(10-22)11-24)21-17-3-2-6-25-19(17)8-18(28-21)16-12-26-27-13-16/h2-3,6-8,12-13,15H,4,9-10H2,1H3,(H,26,27)/t15-,22+. The van der Waals surface area contributed by atoms with Crippen LogP contribution in [0.3, 0.4) is 0 Å². The Morgan fingerprint density at radius 3 is 2.87 bits per heavy atom. The second-order valence-corrected chi connectivity index (χ2v) is 7.79. The van der Waals surface area contributed by atoms with Gasteiger partial charge in [0.2, 0.25) is 0 Å². The molecule has 1 saturated carbocycles. The number of aromatic amines is 1. The van der Waals surface area contributed by atoms with E-state index in [0.717, 1.165) is 39.2 Å². The summed E-state index contributed by atoms with van der Waals surface area (Å²) in [6.45, 7) is 1.98. The number of pyridine rings is 2. The number of hydrogen-bond donors (Lipinski definition) is 1. The van der Waals surface area contributed by atoms with Gasteiger partial charge in [-0.25, -0.2) is 4.98 Å². The van der Waals surface area contributed by atoms with E-state index >= 15 is 0 Å². The van der Waals surface area contributed by atoms with E-state index < -0.39 is 5.54 Å². The van der Waals surface area contributed by atoms with Crippen molar-refractivity contribution in [1.82, 2.24) is 29.9 Å². The SMILES string of the molecule is Cc1cc(-c2nc(-c3cn[nH]c3)cc3ncccc23)nn1[C@]1(CC#N)C[C@H](C#N)C1. The smallest absolute Gasteiger partial charge is 0.112 e. The van der Waals surface area contributed by atoms with Gasteiger partial charge < -0.3 is 0 Å². The number of rotatable bonds is 4. The third-order valence-corrected chi connectivity index (χ3v) is 5.82. The summed E-state index contributed by atoms with van der Waals surface area (Å²) in [7, 11) is 0. The molecule has 4 aromatic heterocycles. The van der Waals surface area contributed by atoms with E-state index in [9.17, 15) is 10.5 Å². The summed E-state index contributed by atoms with van der Waals surface area (Å²) < 4.78 is 1.92. The van der Waals surface area contributed by atoms with Gasteiger partial charge in [0, 0.05) is 29.0 Å². The molecule has 8 heteroatoms. The minimum atomic E-state index is -0.423. The molecular weight excluding hydrogens is 376 g/mol. The molecule has 1 aliphatic rings. The number of H-pyrrole nitrogens is 1. The molecule has 1 fully saturated rings. The maximum absolute atomic E-state index is 9.38. The lowest BCUT2D eigenvalue weighted by Gasteiger charge is -2.44. The molecule has 0 aliphatic heterocycles. The lowest BCUT2D eigenvalue weighted by atomic mass is 9.67. The zero-order chi connectivity index (χ0) is 20.7. The third-order valence-electron chi connectivity index (χ3n) is 5.82. The Balaban J connectivity index is 1.66. The van der Waals surface area contributed by atoms with Crippen molar-refractivity contribution in [2.75, 3.05) is 0 Å². The number of nitrogens with one attached hydrogen (secondary N) is 1. The zero-order valence-corrected chi connectivity index (χ0v) is 16.4. The molecule has 4 heterocycles. The minimum absolute atomic E-state index is 0.0297. The quantitative estimate of drug-likeness (QED) is 0.563. The molecule has 0 bridgehead atoms. The van der Waals surface area contributed by atoms with Gasteiger partial charge in [-0.3, -0.25) is 14.8 Å². The van der Waals surface area contributed by atoms with Crippen LogP contribution in [0, 0.1) is 35.5 Å². The van der Waals surface area contributed by atoms with Crippen molar-refractivity contribution < 1.29 is 0 Å². The van der Waals surface area contributed by atoms with Crippen LogP contribution in [0.4, 0.5) is 0 Å². The van der Waals surface area contributed by atoms with E-state index in [4.69, 9.17) is 10.1 Å². The van der Waals surface area contributed by atoms with Crippen LogP contribution in [0.15, 0.2) is 42.9 Å². The molecule has 0 spiro atoms. The number of hydrogen-bond acceptors (Lipinski definition) is 6. The first-order valence-electron chi connectivity index (χ1n) is 9.72. The molecule has 1 N–H and O–H groups in total. The molecule has 8 nitrogen and oxygen atoms in total. The van der Waals surface area contributed by atoms with E-state index in [0.29, 0.717) is 19.3 Å². The second-order valence-electron chi connectivity index (χ2n) is 7.79. The van der Waals surface area contributed by atoms with Gasteiger partial charge in [0.05, 0.1) is 47.4 Å². The first-order valence-corrected chi connectivity index (χ1v) is 9.72. The highest BCUT2D eigenvalue weighted by Crippen LogP contribution is 2.47. The van der Waals surface area contributed by atoms with Crippen molar-refractivity contribution in [3.05, 3.63) is 48.5 Å². The third kappa shape index (κ3) is 2.73. The predicted molar refractivity (Wildman–Crippen MR) is 110 cm³/mol. The van der Waals surface area contributed by atoms with E-state index in [2.05, 4.69) is 27.3 Å². The van der Waals surface area contributed by atoms with Crippen LogP contribution in [0.25, 0.3) is 33.5 Å². The van der Waals surface area contributed by atoms with Crippen LogP contribution in [-0.4, -0.2) is 29.9 Å². The Morgan fingerprint density at radius 1 is 1.27 bits per heavy atom. The molecule has 0 unspecified atom stereocenters. The number of nitriles is 2. The Kier molecular flexibility index (Phi) is 4.07. The number of aryl methyl sites for hydroxylation is 1. The summed E-state index contributed by atoms with van der Waals surface area (Å²) in [4.78, 5) is 9.39. The maximum Gasteiger partial charge on any atom is 0.112 e. The Morgan fingerprint density at radius 2 is 2.13 bits per heavy atom. The molecule has 0 amide bonds. The largest absolute Gasteiger partial charge is 0.285 e. The van der Waals surface area contributed by atoms with Crippen molar-refractivity contribution in [1.29, 1.82) is 10.5 Å². The summed E-state index contributed by atoms with van der Waals surface area (Å²) in [6.07, 6.45) is 6.89. The van der Waals surface area contributed by atoms with Crippen LogP contribution in [0.1, 0.15) is 25.0 Å². The Bertz CT molecular complexity index is 1310. The highest BCUT2D eigenvalue weighted by molar-refractivity contribution is 5.93. The fraction of sp³-hybridized carbons (Fsp3) is 0.273. The van der Waals surface area contributed by atoms with Gasteiger partial charge in [-0.15, -0.1) is 0 Å². The van der Waals surface area contributed by atoms with Gasteiger partial charge >= 0.3 is 0 Å². The van der Waals surface area contributed by atoms with E-state index in [1.165, 1.54) is 0 Å². The van der Waals surface area contributed by atoms with Crippen LogP contribution in [0.2, 0.25) is 0 Å². The van der Waals surface area contributed by atoms with E-state index in [-0.39, 0.29) is 5.92 Å². The van der Waals surface area contributed by atoms with Crippen LogP contribution in [0.5, 0.6) is 0 Å². The van der Waals surface area contributed by atoms with Gasteiger partial charge in [-0.1, -0.05) is 0 Å². The van der Waals surface area contributed by atoms with Crippen LogP contribution < -0.4 is 0 Å². The van der Waals surface area contributed by atoms with Gasteiger partial charge in [0.25, 0.3) is 0 Å². The van der Waals surface area contributed by atoms with Crippen LogP contribution in [-0.2, 0) is 5.54 Å². The lowest BCUT2D eigenvalue weighted by Crippen LogP contribution is -2.46. The van der Waals surface area contributed by atoms with Gasteiger partial charge in [-0.2, -0.15) is 20.7 Å². The molecule has 146 valence electrons. The molecule has 1 aliphatic carbocycles. The number of aromatic nitrogens is 6. The summed E-state index contributed by atoms with van der Waals surface area (Å²) in [5, 5.41) is 31.3. The van der Waals surface area contributed by atoms with Gasteiger partial charge in [0.15, 0.2) is 0 Å². The van der Waals surface area contributed by atoms with E-state index in [1.807, 2.05) is 35.9 Å². The van der Waals surface area contributed by atoms with Crippen molar-refractivity contribution in [2.45, 2.75) is 31.7 Å². The van der Waals surface area contributed by atoms with Gasteiger partial charge in [-0.05, 0) is 44.0 Å². The molecule has 30 heavy (non-hydrogen) atoms. The monoisotopic (exact) mass is 394 g/mol. The van der Waals surface area contributed by atoms with E-state index in [1.54, 1.807) is 18.6 Å². The lowest BCUT2D eigenvalue weighted by molar-refractivity contribution is 0.0859. The second kappa shape index (κ2) is 6.78. The summed E-state index contributed by atoms with van der Waals surface area (Å²) in [5.74, 6) is -0.0297. The topological polar surface area (TPSA) is 120 Å².